The molecule has 0 radical (unpaired) electrons. The van der Waals surface area contributed by atoms with Crippen molar-refractivity contribution in [2.75, 3.05) is 0 Å². The first-order valence-corrected chi connectivity index (χ1v) is 8.21. The molecule has 24 heavy (non-hydrogen) atoms. The number of nitro benzene ring substituents is 1. The van der Waals surface area contributed by atoms with Crippen LogP contribution in [-0.2, 0) is 0 Å². The van der Waals surface area contributed by atoms with Gasteiger partial charge in [-0.2, -0.15) is 5.10 Å². The second-order valence-corrected chi connectivity index (χ2v) is 6.26. The molecule has 0 unspecified atom stereocenters. The summed E-state index contributed by atoms with van der Waals surface area (Å²) < 4.78 is 5.79. The second-order valence-electron chi connectivity index (χ2n) is 6.26. The fraction of sp³-hybridized carbons (Fsp3) is 0.389. The molecular formula is C18H21N3O3. The standard InChI is InChI=1S/C18H21N3O3/c1-13-4-3-5-14(2)20(13)19-12-17-10-11-18(24-17)15-6-8-16(9-7-15)21(22)23/h6-14H,3-5H2,1-2H3/b19-12-/t13-,14-/m0/s1. The average molecular weight is 327 g/mol. The summed E-state index contributed by atoms with van der Waals surface area (Å²) >= 11 is 0. The van der Waals surface area contributed by atoms with E-state index in [0.29, 0.717) is 23.6 Å². The molecule has 0 N–H and O–H groups in total. The zero-order valence-electron chi connectivity index (χ0n) is 13.9. The van der Waals surface area contributed by atoms with Gasteiger partial charge in [-0.25, -0.2) is 0 Å². The average Bonchev–Trinajstić information content (AvgIpc) is 3.03. The maximum atomic E-state index is 10.7. The van der Waals surface area contributed by atoms with Crippen LogP contribution in [0.1, 0.15) is 38.9 Å². The fourth-order valence-electron chi connectivity index (χ4n) is 3.08. The van der Waals surface area contributed by atoms with Gasteiger partial charge in [-0.15, -0.1) is 0 Å². The minimum atomic E-state index is -0.412. The SMILES string of the molecule is C[C@H]1CCC[C@H](C)N1/N=C\c1ccc(-c2ccc([N+](=O)[O-])cc2)o1. The molecule has 1 aliphatic heterocycles. The predicted molar refractivity (Wildman–Crippen MR) is 93.0 cm³/mol. The maximum Gasteiger partial charge on any atom is 0.269 e. The molecule has 1 saturated heterocycles. The van der Waals surface area contributed by atoms with Crippen LogP contribution < -0.4 is 0 Å². The largest absolute Gasteiger partial charge is 0.455 e. The molecule has 1 aromatic heterocycles. The summed E-state index contributed by atoms with van der Waals surface area (Å²) in [5.74, 6) is 1.35. The van der Waals surface area contributed by atoms with E-state index in [4.69, 9.17) is 4.42 Å². The number of hydrogen-bond acceptors (Lipinski definition) is 5. The van der Waals surface area contributed by atoms with E-state index in [-0.39, 0.29) is 5.69 Å². The predicted octanol–water partition coefficient (Wildman–Crippen LogP) is 4.45. The second kappa shape index (κ2) is 6.86. The first kappa shape index (κ1) is 16.2. The van der Waals surface area contributed by atoms with Crippen molar-refractivity contribution in [3.05, 3.63) is 52.3 Å². The molecule has 3 rings (SSSR count). The number of furan rings is 1. The van der Waals surface area contributed by atoms with Gasteiger partial charge in [0.2, 0.25) is 0 Å². The van der Waals surface area contributed by atoms with Crippen molar-refractivity contribution in [2.45, 2.75) is 45.2 Å². The van der Waals surface area contributed by atoms with Gasteiger partial charge in [0.1, 0.15) is 11.5 Å². The number of hydrazone groups is 1. The monoisotopic (exact) mass is 327 g/mol. The van der Waals surface area contributed by atoms with Gasteiger partial charge in [0, 0.05) is 29.8 Å². The maximum absolute atomic E-state index is 10.7. The molecule has 1 fully saturated rings. The van der Waals surface area contributed by atoms with Crippen LogP contribution in [0.2, 0.25) is 0 Å². The number of rotatable bonds is 4. The number of benzene rings is 1. The summed E-state index contributed by atoms with van der Waals surface area (Å²) in [6.07, 6.45) is 5.31. The molecule has 0 amide bonds. The molecule has 2 atom stereocenters. The van der Waals surface area contributed by atoms with Crippen LogP contribution in [0.25, 0.3) is 11.3 Å². The minimum Gasteiger partial charge on any atom is -0.455 e. The Balaban J connectivity index is 1.73. The third kappa shape index (κ3) is 3.48. The van der Waals surface area contributed by atoms with Crippen molar-refractivity contribution >= 4 is 11.9 Å². The lowest BCUT2D eigenvalue weighted by molar-refractivity contribution is -0.384. The highest BCUT2D eigenvalue weighted by Gasteiger charge is 2.22. The van der Waals surface area contributed by atoms with Gasteiger partial charge in [-0.1, -0.05) is 0 Å². The zero-order chi connectivity index (χ0) is 17.1. The number of piperidine rings is 1. The summed E-state index contributed by atoms with van der Waals surface area (Å²) in [7, 11) is 0. The van der Waals surface area contributed by atoms with Crippen LogP contribution in [0.4, 0.5) is 5.69 Å². The van der Waals surface area contributed by atoms with E-state index < -0.39 is 4.92 Å². The van der Waals surface area contributed by atoms with E-state index >= 15 is 0 Å². The van der Waals surface area contributed by atoms with Crippen LogP contribution in [0.15, 0.2) is 45.9 Å². The smallest absolute Gasteiger partial charge is 0.269 e. The highest BCUT2D eigenvalue weighted by Crippen LogP contribution is 2.25. The molecule has 6 heteroatoms. The van der Waals surface area contributed by atoms with Gasteiger partial charge < -0.3 is 4.42 Å². The summed E-state index contributed by atoms with van der Waals surface area (Å²) in [5, 5.41) is 17.4. The molecular weight excluding hydrogens is 306 g/mol. The molecule has 2 aromatic rings. The number of nitro groups is 1. The van der Waals surface area contributed by atoms with Crippen LogP contribution in [0, 0.1) is 10.1 Å². The van der Waals surface area contributed by atoms with Crippen molar-refractivity contribution in [1.82, 2.24) is 5.01 Å². The molecule has 0 saturated carbocycles. The van der Waals surface area contributed by atoms with E-state index in [1.807, 2.05) is 12.1 Å². The Bertz CT molecular complexity index is 726. The molecule has 0 aliphatic carbocycles. The Morgan fingerprint density at radius 3 is 2.46 bits per heavy atom. The van der Waals surface area contributed by atoms with E-state index in [9.17, 15) is 10.1 Å². The first-order chi connectivity index (χ1) is 11.5. The van der Waals surface area contributed by atoms with Crippen LogP contribution in [0.3, 0.4) is 0 Å². The van der Waals surface area contributed by atoms with E-state index in [1.54, 1.807) is 18.3 Å². The van der Waals surface area contributed by atoms with E-state index in [2.05, 4.69) is 24.0 Å². The highest BCUT2D eigenvalue weighted by atomic mass is 16.6. The lowest BCUT2D eigenvalue weighted by Gasteiger charge is -2.36. The molecule has 2 heterocycles. The Morgan fingerprint density at radius 1 is 1.17 bits per heavy atom. The molecule has 126 valence electrons. The highest BCUT2D eigenvalue weighted by molar-refractivity contribution is 5.77. The number of nitrogens with zero attached hydrogens (tertiary/aromatic N) is 3. The van der Waals surface area contributed by atoms with Gasteiger partial charge in [0.15, 0.2) is 0 Å². The van der Waals surface area contributed by atoms with Crippen LogP contribution in [-0.4, -0.2) is 28.2 Å². The number of non-ortho nitro benzene ring substituents is 1. The Kier molecular flexibility index (Phi) is 4.64. The van der Waals surface area contributed by atoms with Crippen molar-refractivity contribution in [2.24, 2.45) is 5.10 Å². The molecule has 6 nitrogen and oxygen atoms in total. The Labute approximate surface area is 140 Å². The lowest BCUT2D eigenvalue weighted by atomic mass is 10.00. The topological polar surface area (TPSA) is 71.9 Å². The van der Waals surface area contributed by atoms with Crippen molar-refractivity contribution in [3.8, 4) is 11.3 Å². The van der Waals surface area contributed by atoms with Gasteiger partial charge in [0.05, 0.1) is 11.1 Å². The molecule has 0 spiro atoms. The Morgan fingerprint density at radius 2 is 1.83 bits per heavy atom. The number of hydrogen-bond donors (Lipinski definition) is 0. The third-order valence-corrected chi connectivity index (χ3v) is 4.45. The Hall–Kier alpha value is -2.63. The van der Waals surface area contributed by atoms with E-state index in [0.717, 1.165) is 18.4 Å². The van der Waals surface area contributed by atoms with Crippen LogP contribution >= 0.6 is 0 Å². The summed E-state index contributed by atoms with van der Waals surface area (Å²) in [4.78, 5) is 10.3. The molecule has 1 aromatic carbocycles. The normalized spacial score (nSPS) is 21.3. The third-order valence-electron chi connectivity index (χ3n) is 4.45. The van der Waals surface area contributed by atoms with E-state index in [1.165, 1.54) is 18.6 Å². The van der Waals surface area contributed by atoms with Gasteiger partial charge in [-0.05, 0) is 57.4 Å². The summed E-state index contributed by atoms with van der Waals surface area (Å²) in [5.41, 5.74) is 0.875. The van der Waals surface area contributed by atoms with Crippen molar-refractivity contribution in [1.29, 1.82) is 0 Å². The van der Waals surface area contributed by atoms with Gasteiger partial charge in [-0.3, -0.25) is 15.1 Å². The minimum absolute atomic E-state index is 0.0696. The molecule has 0 bridgehead atoms. The quantitative estimate of drug-likeness (QED) is 0.472. The van der Waals surface area contributed by atoms with Gasteiger partial charge >= 0.3 is 0 Å². The fourth-order valence-corrected chi connectivity index (χ4v) is 3.08. The van der Waals surface area contributed by atoms with Crippen molar-refractivity contribution < 1.29 is 9.34 Å². The van der Waals surface area contributed by atoms with Crippen LogP contribution in [0.5, 0.6) is 0 Å². The lowest BCUT2D eigenvalue weighted by Crippen LogP contribution is -2.39. The van der Waals surface area contributed by atoms with Crippen molar-refractivity contribution in [3.63, 3.8) is 0 Å². The summed E-state index contributed by atoms with van der Waals surface area (Å²) in [6.45, 7) is 4.38. The summed E-state index contributed by atoms with van der Waals surface area (Å²) in [6, 6.07) is 10.9. The molecule has 1 aliphatic rings. The first-order valence-electron chi connectivity index (χ1n) is 8.21. The zero-order valence-corrected chi connectivity index (χ0v) is 13.9. The van der Waals surface area contributed by atoms with Gasteiger partial charge in [0.25, 0.3) is 5.69 Å².